The van der Waals surface area contributed by atoms with Crippen LogP contribution in [-0.2, 0) is 16.1 Å². The highest BCUT2D eigenvalue weighted by molar-refractivity contribution is 5.92. The lowest BCUT2D eigenvalue weighted by atomic mass is 9.96. The Kier molecular flexibility index (Phi) is 9.53. The molecule has 1 aromatic carbocycles. The standard InChI is InChI=1S/C19H28N4O2.2ClH/c20-16-5-4-15(11-16)19(25)22-17-3-1-2-13(10-17)12-23-8-6-14(7-9-23)18(21)24;;/h1-3,10,14-16H,4-9,11-12,20H2,(H2,21,24)(H,22,25);2*1H. The summed E-state index contributed by atoms with van der Waals surface area (Å²) in [6.07, 6.45) is 4.24. The van der Waals surface area contributed by atoms with E-state index >= 15 is 0 Å². The molecule has 2 aliphatic rings. The van der Waals surface area contributed by atoms with Crippen LogP contribution in [0.4, 0.5) is 5.69 Å². The number of nitrogens with zero attached hydrogens (tertiary/aromatic N) is 1. The van der Waals surface area contributed by atoms with E-state index in [-0.39, 0.29) is 54.5 Å². The second kappa shape index (κ2) is 10.9. The molecule has 1 heterocycles. The number of nitrogens with one attached hydrogen (secondary N) is 1. The van der Waals surface area contributed by atoms with Crippen LogP contribution in [0, 0.1) is 11.8 Å². The van der Waals surface area contributed by atoms with Gasteiger partial charge in [0.1, 0.15) is 0 Å². The Morgan fingerprint density at radius 1 is 1.07 bits per heavy atom. The zero-order valence-electron chi connectivity index (χ0n) is 15.4. The number of hydrogen-bond acceptors (Lipinski definition) is 4. The quantitative estimate of drug-likeness (QED) is 0.684. The van der Waals surface area contributed by atoms with Crippen molar-refractivity contribution < 1.29 is 9.59 Å². The molecule has 27 heavy (non-hydrogen) atoms. The molecule has 3 rings (SSSR count). The second-order valence-corrected chi connectivity index (χ2v) is 7.41. The number of rotatable bonds is 5. The molecule has 1 saturated heterocycles. The van der Waals surface area contributed by atoms with Gasteiger partial charge >= 0.3 is 0 Å². The van der Waals surface area contributed by atoms with Gasteiger partial charge < -0.3 is 16.8 Å². The third kappa shape index (κ3) is 6.64. The van der Waals surface area contributed by atoms with Gasteiger partial charge in [0, 0.05) is 30.1 Å². The molecule has 152 valence electrons. The summed E-state index contributed by atoms with van der Waals surface area (Å²) in [5.41, 5.74) is 13.3. The van der Waals surface area contributed by atoms with E-state index in [9.17, 15) is 9.59 Å². The van der Waals surface area contributed by atoms with E-state index in [1.54, 1.807) is 0 Å². The molecule has 2 amide bonds. The number of benzene rings is 1. The topological polar surface area (TPSA) is 101 Å². The average molecular weight is 417 g/mol. The van der Waals surface area contributed by atoms with Crippen LogP contribution >= 0.6 is 24.8 Å². The Hall–Kier alpha value is -1.34. The molecular weight excluding hydrogens is 387 g/mol. The number of hydrogen-bond donors (Lipinski definition) is 3. The van der Waals surface area contributed by atoms with Crippen molar-refractivity contribution >= 4 is 42.3 Å². The summed E-state index contributed by atoms with van der Waals surface area (Å²) in [6.45, 7) is 2.58. The van der Waals surface area contributed by atoms with E-state index in [0.29, 0.717) is 0 Å². The molecule has 2 fully saturated rings. The van der Waals surface area contributed by atoms with Crippen LogP contribution in [-0.4, -0.2) is 35.8 Å². The summed E-state index contributed by atoms with van der Waals surface area (Å²) >= 11 is 0. The van der Waals surface area contributed by atoms with Gasteiger partial charge in [-0.05, 0) is 62.9 Å². The summed E-state index contributed by atoms with van der Waals surface area (Å²) in [4.78, 5) is 25.9. The van der Waals surface area contributed by atoms with Crippen molar-refractivity contribution in [2.75, 3.05) is 18.4 Å². The SMILES string of the molecule is Cl.Cl.NC(=O)C1CCN(Cc2cccc(NC(=O)C3CCC(N)C3)c2)CC1. The summed E-state index contributed by atoms with van der Waals surface area (Å²) < 4.78 is 0. The molecule has 8 heteroatoms. The van der Waals surface area contributed by atoms with Gasteiger partial charge in [-0.25, -0.2) is 0 Å². The number of likely N-dealkylation sites (tertiary alicyclic amines) is 1. The van der Waals surface area contributed by atoms with E-state index in [1.807, 2.05) is 18.2 Å². The Morgan fingerprint density at radius 3 is 2.37 bits per heavy atom. The van der Waals surface area contributed by atoms with Crippen LogP contribution in [0.2, 0.25) is 0 Å². The monoisotopic (exact) mass is 416 g/mol. The lowest BCUT2D eigenvalue weighted by Crippen LogP contribution is -2.38. The van der Waals surface area contributed by atoms with Crippen molar-refractivity contribution in [1.82, 2.24) is 4.90 Å². The lowest BCUT2D eigenvalue weighted by Gasteiger charge is -2.30. The minimum atomic E-state index is -0.184. The first-order chi connectivity index (χ1) is 12.0. The summed E-state index contributed by atoms with van der Waals surface area (Å²) in [5.74, 6) is -0.0606. The first kappa shape index (κ1) is 23.7. The van der Waals surface area contributed by atoms with Crippen molar-refractivity contribution in [2.45, 2.75) is 44.7 Å². The molecule has 1 saturated carbocycles. The predicted octanol–water partition coefficient (Wildman–Crippen LogP) is 2.29. The van der Waals surface area contributed by atoms with Crippen molar-refractivity contribution in [3.8, 4) is 0 Å². The molecule has 5 N–H and O–H groups in total. The fraction of sp³-hybridized carbons (Fsp3) is 0.579. The maximum absolute atomic E-state index is 12.3. The summed E-state index contributed by atoms with van der Waals surface area (Å²) in [5, 5.41) is 3.03. The van der Waals surface area contributed by atoms with Crippen LogP contribution < -0.4 is 16.8 Å². The van der Waals surface area contributed by atoms with Gasteiger partial charge in [0.15, 0.2) is 0 Å². The highest BCUT2D eigenvalue weighted by Gasteiger charge is 2.28. The molecule has 1 aliphatic heterocycles. The van der Waals surface area contributed by atoms with Crippen molar-refractivity contribution in [1.29, 1.82) is 0 Å². The zero-order valence-corrected chi connectivity index (χ0v) is 17.1. The van der Waals surface area contributed by atoms with Crippen LogP contribution in [0.25, 0.3) is 0 Å². The van der Waals surface area contributed by atoms with Crippen LogP contribution in [0.15, 0.2) is 24.3 Å². The molecule has 0 spiro atoms. The summed E-state index contributed by atoms with van der Waals surface area (Å²) in [7, 11) is 0. The highest BCUT2D eigenvalue weighted by atomic mass is 35.5. The van der Waals surface area contributed by atoms with Gasteiger partial charge in [-0.2, -0.15) is 0 Å². The molecular formula is C19H30Cl2N4O2. The molecule has 0 aromatic heterocycles. The smallest absolute Gasteiger partial charge is 0.227 e. The van der Waals surface area contributed by atoms with E-state index in [4.69, 9.17) is 11.5 Å². The number of primary amides is 1. The van der Waals surface area contributed by atoms with Gasteiger partial charge in [0.05, 0.1) is 0 Å². The molecule has 1 aromatic rings. The van der Waals surface area contributed by atoms with Crippen molar-refractivity contribution in [3.63, 3.8) is 0 Å². The predicted molar refractivity (Wildman–Crippen MR) is 112 cm³/mol. The van der Waals surface area contributed by atoms with E-state index < -0.39 is 0 Å². The normalized spacial score (nSPS) is 23.1. The number of carbonyl (C=O) groups excluding carboxylic acids is 2. The molecule has 6 nitrogen and oxygen atoms in total. The third-order valence-corrected chi connectivity index (χ3v) is 5.43. The summed E-state index contributed by atoms with van der Waals surface area (Å²) in [6, 6.07) is 8.16. The number of amides is 2. The van der Waals surface area contributed by atoms with E-state index in [1.165, 1.54) is 5.56 Å². The largest absolute Gasteiger partial charge is 0.369 e. The number of anilines is 1. The molecule has 0 radical (unpaired) electrons. The maximum Gasteiger partial charge on any atom is 0.227 e. The molecule has 0 bridgehead atoms. The fourth-order valence-corrected chi connectivity index (χ4v) is 3.88. The number of piperidine rings is 1. The van der Waals surface area contributed by atoms with Gasteiger partial charge in [-0.3, -0.25) is 14.5 Å². The van der Waals surface area contributed by atoms with Gasteiger partial charge in [-0.1, -0.05) is 12.1 Å². The highest BCUT2D eigenvalue weighted by Crippen LogP contribution is 2.26. The van der Waals surface area contributed by atoms with Crippen LogP contribution in [0.5, 0.6) is 0 Å². The maximum atomic E-state index is 12.3. The number of carbonyl (C=O) groups is 2. The lowest BCUT2D eigenvalue weighted by molar-refractivity contribution is -0.123. The van der Waals surface area contributed by atoms with E-state index in [2.05, 4.69) is 16.3 Å². The first-order valence-electron chi connectivity index (χ1n) is 9.18. The third-order valence-electron chi connectivity index (χ3n) is 5.43. The Bertz CT molecular complexity index is 636. The minimum absolute atomic E-state index is 0. The Morgan fingerprint density at radius 2 is 1.78 bits per heavy atom. The number of halogens is 2. The fourth-order valence-electron chi connectivity index (χ4n) is 3.88. The van der Waals surface area contributed by atoms with Gasteiger partial charge in [-0.15, -0.1) is 24.8 Å². The average Bonchev–Trinajstić information content (AvgIpc) is 3.02. The van der Waals surface area contributed by atoms with E-state index in [0.717, 1.165) is 57.4 Å². The minimum Gasteiger partial charge on any atom is -0.369 e. The Labute approximate surface area is 173 Å². The first-order valence-corrected chi connectivity index (χ1v) is 9.18. The zero-order chi connectivity index (χ0) is 17.8. The molecule has 2 atom stereocenters. The van der Waals surface area contributed by atoms with Crippen LogP contribution in [0.3, 0.4) is 0 Å². The van der Waals surface area contributed by atoms with Gasteiger partial charge in [0.2, 0.25) is 11.8 Å². The van der Waals surface area contributed by atoms with Crippen LogP contribution in [0.1, 0.15) is 37.7 Å². The second-order valence-electron chi connectivity index (χ2n) is 7.41. The van der Waals surface area contributed by atoms with Crippen molar-refractivity contribution in [2.24, 2.45) is 23.3 Å². The Balaban J connectivity index is 0.00000182. The van der Waals surface area contributed by atoms with Gasteiger partial charge in [0.25, 0.3) is 0 Å². The van der Waals surface area contributed by atoms with Crippen molar-refractivity contribution in [3.05, 3.63) is 29.8 Å². The molecule has 1 aliphatic carbocycles. The number of nitrogens with two attached hydrogens (primary N) is 2. The molecule has 2 unspecified atom stereocenters.